The van der Waals surface area contributed by atoms with Crippen LogP contribution in [-0.4, -0.2) is 17.4 Å². The van der Waals surface area contributed by atoms with Crippen LogP contribution < -0.4 is 11.1 Å². The predicted molar refractivity (Wildman–Crippen MR) is 23.3 cm³/mol. The molecule has 1 radical (unpaired) electrons. The minimum atomic E-state index is -0.963. The van der Waals surface area contributed by atoms with Gasteiger partial charge in [0.1, 0.15) is 6.23 Å². The van der Waals surface area contributed by atoms with Crippen molar-refractivity contribution < 1.29 is 9.90 Å². The Morgan fingerprint density at radius 3 is 2.43 bits per heavy atom. The maximum absolute atomic E-state index is 9.65. The zero-order valence-electron chi connectivity index (χ0n) is 3.93. The lowest BCUT2D eigenvalue weighted by Crippen LogP contribution is -2.31. The second-order valence-corrected chi connectivity index (χ2v) is 1.15. The largest absolute Gasteiger partial charge is 0.374 e. The van der Waals surface area contributed by atoms with Crippen molar-refractivity contribution in [2.45, 2.75) is 13.2 Å². The van der Waals surface area contributed by atoms with Crippen molar-refractivity contribution in [3.05, 3.63) is 0 Å². The number of hydrogen-bond acceptors (Lipinski definition) is 2. The van der Waals surface area contributed by atoms with Gasteiger partial charge in [0, 0.05) is 0 Å². The average Bonchev–Trinajstić information content (AvgIpc) is 1.27. The van der Waals surface area contributed by atoms with Gasteiger partial charge in [-0.25, -0.2) is 10.5 Å². The maximum Gasteiger partial charge on any atom is 0.335 e. The average molecular weight is 103 g/mol. The number of carbonyl (C=O) groups excluding carboxylic acids is 1. The van der Waals surface area contributed by atoms with Crippen molar-refractivity contribution in [2.75, 3.05) is 0 Å². The van der Waals surface area contributed by atoms with E-state index in [0.29, 0.717) is 0 Å². The number of amides is 2. The molecule has 0 rings (SSSR count). The van der Waals surface area contributed by atoms with Gasteiger partial charge < -0.3 is 10.4 Å². The Hall–Kier alpha value is -0.770. The van der Waals surface area contributed by atoms with Gasteiger partial charge in [-0.05, 0) is 6.92 Å². The molecule has 4 heteroatoms. The molecule has 0 fully saturated rings. The molecule has 0 aliphatic carbocycles. The summed E-state index contributed by atoms with van der Waals surface area (Å²) in [6, 6.07) is -0.963. The first kappa shape index (κ1) is 6.23. The van der Waals surface area contributed by atoms with Crippen LogP contribution >= 0.6 is 0 Å². The highest BCUT2D eigenvalue weighted by atomic mass is 16.3. The van der Waals surface area contributed by atoms with E-state index in [2.05, 4.69) is 0 Å². The van der Waals surface area contributed by atoms with Crippen molar-refractivity contribution in [1.82, 2.24) is 11.1 Å². The van der Waals surface area contributed by atoms with Gasteiger partial charge in [-0.15, -0.1) is 0 Å². The van der Waals surface area contributed by atoms with Crippen molar-refractivity contribution in [3.8, 4) is 0 Å². The third-order valence-corrected chi connectivity index (χ3v) is 0.340. The Labute approximate surface area is 41.3 Å². The van der Waals surface area contributed by atoms with E-state index in [9.17, 15) is 4.79 Å². The molecule has 7 heavy (non-hydrogen) atoms. The van der Waals surface area contributed by atoms with E-state index >= 15 is 0 Å². The molecule has 0 saturated heterocycles. The molecule has 0 aliphatic heterocycles. The molecule has 3 N–H and O–H groups in total. The zero-order chi connectivity index (χ0) is 5.86. The topological polar surface area (TPSA) is 73.1 Å². The Kier molecular flexibility index (Phi) is 2.15. The monoisotopic (exact) mass is 103 g/mol. The van der Waals surface area contributed by atoms with E-state index in [4.69, 9.17) is 10.8 Å². The number of hydrogen-bond donors (Lipinski definition) is 2. The first-order chi connectivity index (χ1) is 3.13. The number of carbonyl (C=O) groups is 1. The zero-order valence-corrected chi connectivity index (χ0v) is 3.93. The molecular weight excluding hydrogens is 96.0 g/mol. The highest BCUT2D eigenvalue weighted by molar-refractivity contribution is 5.70. The highest BCUT2D eigenvalue weighted by Crippen LogP contribution is 1.67. The summed E-state index contributed by atoms with van der Waals surface area (Å²) >= 11 is 0. The van der Waals surface area contributed by atoms with Crippen LogP contribution in [0.3, 0.4) is 0 Å². The lowest BCUT2D eigenvalue weighted by atomic mass is 10.7. The Bertz CT molecular complexity index is 71.3. The fourth-order valence-electron chi connectivity index (χ4n) is 0.190. The van der Waals surface area contributed by atoms with Crippen LogP contribution in [-0.2, 0) is 0 Å². The predicted octanol–water partition coefficient (Wildman–Crippen LogP) is -0.683. The van der Waals surface area contributed by atoms with Gasteiger partial charge in [-0.1, -0.05) is 0 Å². The van der Waals surface area contributed by atoms with E-state index in [0.717, 1.165) is 0 Å². The van der Waals surface area contributed by atoms with Gasteiger partial charge in [-0.2, -0.15) is 0 Å². The number of rotatable bonds is 1. The van der Waals surface area contributed by atoms with Crippen LogP contribution in [0.1, 0.15) is 6.92 Å². The summed E-state index contributed by atoms with van der Waals surface area (Å²) in [5.41, 5.74) is 6.20. The summed E-state index contributed by atoms with van der Waals surface area (Å²) < 4.78 is 0. The lowest BCUT2D eigenvalue weighted by Gasteiger charge is -1.99. The van der Waals surface area contributed by atoms with Crippen LogP contribution in [0.4, 0.5) is 4.79 Å². The van der Waals surface area contributed by atoms with Crippen molar-refractivity contribution >= 4 is 6.03 Å². The lowest BCUT2D eigenvalue weighted by molar-refractivity contribution is 0.160. The third kappa shape index (κ3) is 5.23. The molecule has 0 heterocycles. The molecular formula is C3H7N2O2. The minimum absolute atomic E-state index is 0.912. The maximum atomic E-state index is 9.65. The molecule has 1 unspecified atom stereocenters. The fourth-order valence-corrected chi connectivity index (χ4v) is 0.190. The van der Waals surface area contributed by atoms with Gasteiger partial charge in [0.2, 0.25) is 0 Å². The molecule has 2 amide bonds. The summed E-state index contributed by atoms with van der Waals surface area (Å²) in [6.45, 7) is 1.37. The molecule has 0 aromatic carbocycles. The quantitative estimate of drug-likeness (QED) is 0.431. The van der Waals surface area contributed by atoms with Crippen molar-refractivity contribution in [1.29, 1.82) is 0 Å². The van der Waals surface area contributed by atoms with E-state index in [-0.39, 0.29) is 0 Å². The number of aliphatic hydroxyl groups excluding tert-OH is 1. The summed E-state index contributed by atoms with van der Waals surface area (Å²) in [7, 11) is 0. The van der Waals surface area contributed by atoms with Crippen LogP contribution in [0.2, 0.25) is 0 Å². The number of urea groups is 1. The van der Waals surface area contributed by atoms with E-state index in [1.54, 1.807) is 0 Å². The molecule has 41 valence electrons. The minimum Gasteiger partial charge on any atom is -0.374 e. The van der Waals surface area contributed by atoms with Crippen LogP contribution in [0.25, 0.3) is 0 Å². The molecule has 0 aromatic rings. The van der Waals surface area contributed by atoms with Crippen molar-refractivity contribution in [2.24, 2.45) is 0 Å². The Morgan fingerprint density at radius 2 is 2.43 bits per heavy atom. The third-order valence-electron chi connectivity index (χ3n) is 0.340. The van der Waals surface area contributed by atoms with Crippen LogP contribution in [0, 0.1) is 0 Å². The van der Waals surface area contributed by atoms with E-state index in [1.807, 2.05) is 5.32 Å². The highest BCUT2D eigenvalue weighted by Gasteiger charge is 1.94. The summed E-state index contributed by atoms with van der Waals surface area (Å²) in [4.78, 5) is 9.65. The molecule has 0 spiro atoms. The fraction of sp³-hybridized carbons (Fsp3) is 0.667. The Balaban J connectivity index is 3.13. The summed E-state index contributed by atoms with van der Waals surface area (Å²) in [5, 5.41) is 10.2. The molecule has 0 aliphatic rings. The van der Waals surface area contributed by atoms with Gasteiger partial charge >= 0.3 is 6.03 Å². The second kappa shape index (κ2) is 2.41. The normalized spacial score (nSPS) is 12.9. The molecule has 0 saturated carbocycles. The summed E-state index contributed by atoms with van der Waals surface area (Å²) in [6.07, 6.45) is -0.912. The van der Waals surface area contributed by atoms with Crippen molar-refractivity contribution in [3.63, 3.8) is 0 Å². The van der Waals surface area contributed by atoms with E-state index in [1.165, 1.54) is 6.92 Å². The van der Waals surface area contributed by atoms with Gasteiger partial charge in [0.05, 0.1) is 0 Å². The standard InChI is InChI=1S/C3H7N2O2/c1-2(6)5-3(4)7/h2,4,6H,1H3,(H,5,7). The molecule has 0 aromatic heterocycles. The Morgan fingerprint density at radius 1 is 2.00 bits per heavy atom. The molecule has 0 bridgehead atoms. The SMILES string of the molecule is CC(O)NC([NH])=O. The van der Waals surface area contributed by atoms with Crippen LogP contribution in [0.15, 0.2) is 0 Å². The van der Waals surface area contributed by atoms with Crippen LogP contribution in [0.5, 0.6) is 0 Å². The first-order valence-corrected chi connectivity index (χ1v) is 1.83. The molecule has 4 nitrogen and oxygen atoms in total. The summed E-state index contributed by atoms with van der Waals surface area (Å²) in [5.74, 6) is 0. The second-order valence-electron chi connectivity index (χ2n) is 1.15. The van der Waals surface area contributed by atoms with E-state index < -0.39 is 12.3 Å². The van der Waals surface area contributed by atoms with Gasteiger partial charge in [-0.3, -0.25) is 0 Å². The smallest absolute Gasteiger partial charge is 0.335 e. The van der Waals surface area contributed by atoms with Gasteiger partial charge in [0.25, 0.3) is 0 Å². The number of aliphatic hydroxyl groups is 1. The first-order valence-electron chi connectivity index (χ1n) is 1.83. The number of nitrogens with one attached hydrogen (secondary N) is 2. The van der Waals surface area contributed by atoms with Gasteiger partial charge in [0.15, 0.2) is 0 Å². The molecule has 1 atom stereocenters.